The Hall–Kier alpha value is -2.37. The van der Waals surface area contributed by atoms with Crippen LogP contribution in [0, 0.1) is 11.8 Å². The van der Waals surface area contributed by atoms with E-state index < -0.39 is 0 Å². The van der Waals surface area contributed by atoms with E-state index in [1.807, 2.05) is 13.8 Å². The quantitative estimate of drug-likeness (QED) is 0.600. The van der Waals surface area contributed by atoms with E-state index in [9.17, 15) is 14.4 Å². The summed E-state index contributed by atoms with van der Waals surface area (Å²) in [6.07, 6.45) is 3.55. The molecule has 1 aliphatic carbocycles. The van der Waals surface area contributed by atoms with Crippen LogP contribution in [-0.2, 0) is 9.59 Å². The van der Waals surface area contributed by atoms with Crippen molar-refractivity contribution in [3.63, 3.8) is 0 Å². The molecule has 2 rings (SSSR count). The zero-order valence-corrected chi connectivity index (χ0v) is 14.9. The number of anilines is 1. The minimum absolute atomic E-state index is 0.0362. The lowest BCUT2D eigenvalue weighted by Gasteiger charge is -2.13. The van der Waals surface area contributed by atoms with Gasteiger partial charge < -0.3 is 16.0 Å². The second-order valence-electron chi connectivity index (χ2n) is 6.40. The number of carbonyl (C=O) groups excluding carboxylic acids is 3. The highest BCUT2D eigenvalue weighted by atomic mass is 16.2. The van der Waals surface area contributed by atoms with E-state index in [1.54, 1.807) is 24.3 Å². The van der Waals surface area contributed by atoms with Gasteiger partial charge in [-0.25, -0.2) is 0 Å². The third-order valence-corrected chi connectivity index (χ3v) is 4.43. The van der Waals surface area contributed by atoms with E-state index in [0.717, 1.165) is 25.7 Å². The van der Waals surface area contributed by atoms with Crippen molar-refractivity contribution >= 4 is 23.4 Å². The van der Waals surface area contributed by atoms with Crippen LogP contribution in [0.25, 0.3) is 0 Å². The highest BCUT2D eigenvalue weighted by Gasteiger charge is 2.29. The van der Waals surface area contributed by atoms with Crippen molar-refractivity contribution < 1.29 is 14.4 Å². The summed E-state index contributed by atoms with van der Waals surface area (Å²) in [5.74, 6) is 0.0737. The summed E-state index contributed by atoms with van der Waals surface area (Å²) >= 11 is 0. The predicted octanol–water partition coefficient (Wildman–Crippen LogP) is 2.32. The van der Waals surface area contributed by atoms with Crippen molar-refractivity contribution in [1.29, 1.82) is 0 Å². The van der Waals surface area contributed by atoms with Gasteiger partial charge in [0.15, 0.2) is 0 Å². The van der Waals surface area contributed by atoms with Gasteiger partial charge in [0.2, 0.25) is 11.8 Å². The fourth-order valence-electron chi connectivity index (χ4n) is 2.56. The number of rotatable bonds is 9. The molecule has 1 fully saturated rings. The summed E-state index contributed by atoms with van der Waals surface area (Å²) in [5.41, 5.74) is 1.22. The number of benzene rings is 1. The molecule has 1 saturated carbocycles. The van der Waals surface area contributed by atoms with Gasteiger partial charge in [0.05, 0.1) is 0 Å². The Balaban J connectivity index is 1.71. The standard InChI is InChI=1S/C19H27N3O3/c1-3-13(4-2)17(23)20-11-12-21-18(24)14-7-9-16(10-8-14)22-19(25)15-5-6-15/h7-10,13,15H,3-6,11-12H2,1-2H3,(H,20,23)(H,21,24)(H,22,25). The molecule has 0 unspecified atom stereocenters. The molecule has 6 nitrogen and oxygen atoms in total. The summed E-state index contributed by atoms with van der Waals surface area (Å²) in [6.45, 7) is 4.78. The van der Waals surface area contributed by atoms with Crippen LogP contribution in [0.2, 0.25) is 0 Å². The van der Waals surface area contributed by atoms with E-state index >= 15 is 0 Å². The van der Waals surface area contributed by atoms with Gasteiger partial charge in [0.1, 0.15) is 0 Å². The van der Waals surface area contributed by atoms with Gasteiger partial charge >= 0.3 is 0 Å². The second kappa shape index (κ2) is 9.20. The molecule has 1 aromatic carbocycles. The van der Waals surface area contributed by atoms with E-state index in [0.29, 0.717) is 24.3 Å². The first-order chi connectivity index (χ1) is 12.0. The second-order valence-corrected chi connectivity index (χ2v) is 6.40. The van der Waals surface area contributed by atoms with Gasteiger partial charge in [0.25, 0.3) is 5.91 Å². The normalized spacial score (nSPS) is 13.4. The van der Waals surface area contributed by atoms with Crippen LogP contribution in [0.5, 0.6) is 0 Å². The molecule has 0 heterocycles. The summed E-state index contributed by atoms with van der Waals surface area (Å²) < 4.78 is 0. The molecule has 1 aromatic rings. The molecule has 3 amide bonds. The molecule has 0 bridgehead atoms. The Kier molecular flexibility index (Phi) is 6.98. The first kappa shape index (κ1) is 19.0. The average Bonchev–Trinajstić information content (AvgIpc) is 3.45. The maximum Gasteiger partial charge on any atom is 0.251 e. The Morgan fingerprint density at radius 2 is 1.60 bits per heavy atom. The third-order valence-electron chi connectivity index (χ3n) is 4.43. The molecule has 3 N–H and O–H groups in total. The summed E-state index contributed by atoms with van der Waals surface area (Å²) in [5, 5.41) is 8.45. The van der Waals surface area contributed by atoms with Crippen molar-refractivity contribution in [2.45, 2.75) is 39.5 Å². The molecule has 0 aliphatic heterocycles. The predicted molar refractivity (Wildman–Crippen MR) is 97.2 cm³/mol. The minimum atomic E-state index is -0.197. The van der Waals surface area contributed by atoms with Crippen molar-refractivity contribution in [3.8, 4) is 0 Å². The zero-order valence-electron chi connectivity index (χ0n) is 14.9. The van der Waals surface area contributed by atoms with Crippen LogP contribution in [0.3, 0.4) is 0 Å². The summed E-state index contributed by atoms with van der Waals surface area (Å²) in [4.78, 5) is 35.6. The van der Waals surface area contributed by atoms with Gasteiger partial charge in [-0.1, -0.05) is 13.8 Å². The van der Waals surface area contributed by atoms with Gasteiger partial charge in [-0.3, -0.25) is 14.4 Å². The zero-order chi connectivity index (χ0) is 18.2. The number of amides is 3. The molecule has 1 aliphatic rings. The Labute approximate surface area is 148 Å². The lowest BCUT2D eigenvalue weighted by atomic mass is 10.0. The van der Waals surface area contributed by atoms with Crippen LogP contribution >= 0.6 is 0 Å². The Bertz CT molecular complexity index is 605. The van der Waals surface area contributed by atoms with Gasteiger partial charge in [-0.05, 0) is 49.9 Å². The topological polar surface area (TPSA) is 87.3 Å². The lowest BCUT2D eigenvalue weighted by Crippen LogP contribution is -2.37. The molecule has 6 heteroatoms. The highest BCUT2D eigenvalue weighted by molar-refractivity contribution is 5.96. The van der Waals surface area contributed by atoms with E-state index in [1.165, 1.54) is 0 Å². The maximum atomic E-state index is 12.1. The van der Waals surface area contributed by atoms with Gasteiger partial charge in [0, 0.05) is 36.2 Å². The first-order valence-electron chi connectivity index (χ1n) is 9.02. The number of nitrogens with one attached hydrogen (secondary N) is 3. The van der Waals surface area contributed by atoms with Gasteiger partial charge in [-0.15, -0.1) is 0 Å². The van der Waals surface area contributed by atoms with E-state index in [-0.39, 0.29) is 29.6 Å². The van der Waals surface area contributed by atoms with E-state index in [2.05, 4.69) is 16.0 Å². The Morgan fingerprint density at radius 3 is 2.16 bits per heavy atom. The third kappa shape index (κ3) is 5.89. The highest BCUT2D eigenvalue weighted by Crippen LogP contribution is 2.30. The van der Waals surface area contributed by atoms with Crippen molar-refractivity contribution in [3.05, 3.63) is 29.8 Å². The average molecular weight is 345 g/mol. The molecule has 0 radical (unpaired) electrons. The monoisotopic (exact) mass is 345 g/mol. The van der Waals surface area contributed by atoms with Crippen molar-refractivity contribution in [2.75, 3.05) is 18.4 Å². The largest absolute Gasteiger partial charge is 0.354 e. The minimum Gasteiger partial charge on any atom is -0.354 e. The fraction of sp³-hybridized carbons (Fsp3) is 0.526. The first-order valence-corrected chi connectivity index (χ1v) is 9.02. The van der Waals surface area contributed by atoms with Crippen LogP contribution in [-0.4, -0.2) is 30.8 Å². The molecule has 25 heavy (non-hydrogen) atoms. The maximum absolute atomic E-state index is 12.1. The Morgan fingerprint density at radius 1 is 1.00 bits per heavy atom. The summed E-state index contributed by atoms with van der Waals surface area (Å²) in [6, 6.07) is 6.81. The molecular weight excluding hydrogens is 318 g/mol. The van der Waals surface area contributed by atoms with Crippen LogP contribution < -0.4 is 16.0 Å². The summed E-state index contributed by atoms with van der Waals surface area (Å²) in [7, 11) is 0. The molecule has 136 valence electrons. The number of hydrogen-bond acceptors (Lipinski definition) is 3. The fourth-order valence-corrected chi connectivity index (χ4v) is 2.56. The van der Waals surface area contributed by atoms with Crippen LogP contribution in [0.1, 0.15) is 49.9 Å². The SMILES string of the molecule is CCC(CC)C(=O)NCCNC(=O)c1ccc(NC(=O)C2CC2)cc1. The lowest BCUT2D eigenvalue weighted by molar-refractivity contribution is -0.125. The molecule has 0 spiro atoms. The van der Waals surface area contributed by atoms with Gasteiger partial charge in [-0.2, -0.15) is 0 Å². The molecule has 0 aromatic heterocycles. The number of carbonyl (C=O) groups is 3. The van der Waals surface area contributed by atoms with E-state index in [4.69, 9.17) is 0 Å². The molecule has 0 saturated heterocycles. The molecule has 0 atom stereocenters. The number of hydrogen-bond donors (Lipinski definition) is 3. The van der Waals surface area contributed by atoms with Crippen LogP contribution in [0.4, 0.5) is 5.69 Å². The van der Waals surface area contributed by atoms with Crippen molar-refractivity contribution in [2.24, 2.45) is 11.8 Å². The van der Waals surface area contributed by atoms with Crippen molar-refractivity contribution in [1.82, 2.24) is 10.6 Å². The van der Waals surface area contributed by atoms with Crippen LogP contribution in [0.15, 0.2) is 24.3 Å². The smallest absolute Gasteiger partial charge is 0.251 e. The molecular formula is C19H27N3O3.